The van der Waals surface area contributed by atoms with Gasteiger partial charge < -0.3 is 4.42 Å². The quantitative estimate of drug-likeness (QED) is 0.494. The molecule has 5 rings (SSSR count). The third-order valence-corrected chi connectivity index (χ3v) is 5.45. The lowest BCUT2D eigenvalue weighted by molar-refractivity contribution is 0.102. The number of para-hydroxylation sites is 1. The Hall–Kier alpha value is -3.52. The van der Waals surface area contributed by atoms with Crippen LogP contribution in [0.15, 0.2) is 53.1 Å². The molecule has 0 aliphatic carbocycles. The number of furan rings is 1. The second-order valence-corrected chi connectivity index (χ2v) is 7.41. The summed E-state index contributed by atoms with van der Waals surface area (Å²) in [4.78, 5) is 22.3. The van der Waals surface area contributed by atoms with E-state index in [0.717, 1.165) is 21.3 Å². The zero-order chi connectivity index (χ0) is 19.3. The molecule has 0 bridgehead atoms. The lowest BCUT2D eigenvalue weighted by atomic mass is 10.1. The first kappa shape index (κ1) is 16.6. The molecule has 8 heteroatoms. The highest BCUT2D eigenvalue weighted by molar-refractivity contribution is 7.22. The van der Waals surface area contributed by atoms with Gasteiger partial charge in [0.05, 0.1) is 33.1 Å². The van der Waals surface area contributed by atoms with E-state index in [1.807, 2.05) is 44.3 Å². The van der Waals surface area contributed by atoms with Crippen molar-refractivity contribution in [2.24, 2.45) is 7.05 Å². The Morgan fingerprint density at radius 3 is 2.82 bits per heavy atom. The summed E-state index contributed by atoms with van der Waals surface area (Å²) in [5.41, 5.74) is 3.29. The maximum atomic E-state index is 13.1. The zero-order valence-electron chi connectivity index (χ0n) is 15.1. The molecule has 0 atom stereocenters. The number of hydrogen-bond donors (Lipinski definition) is 1. The van der Waals surface area contributed by atoms with Crippen molar-refractivity contribution in [1.29, 1.82) is 0 Å². The van der Waals surface area contributed by atoms with Crippen LogP contribution in [0.1, 0.15) is 16.1 Å². The summed E-state index contributed by atoms with van der Waals surface area (Å²) >= 11 is 1.44. The van der Waals surface area contributed by atoms with Crippen LogP contribution in [-0.2, 0) is 7.05 Å². The summed E-state index contributed by atoms with van der Waals surface area (Å²) in [5, 5.41) is 8.62. The molecule has 28 heavy (non-hydrogen) atoms. The number of carbonyl (C=O) groups excluding carboxylic acids is 1. The van der Waals surface area contributed by atoms with Crippen LogP contribution in [0.25, 0.3) is 32.7 Å². The van der Waals surface area contributed by atoms with Gasteiger partial charge in [-0.05, 0) is 37.3 Å². The molecule has 0 aliphatic rings. The molecule has 5 aromatic rings. The van der Waals surface area contributed by atoms with E-state index in [1.165, 1.54) is 11.3 Å². The predicted molar refractivity (Wildman–Crippen MR) is 109 cm³/mol. The lowest BCUT2D eigenvalue weighted by Crippen LogP contribution is -2.13. The minimum absolute atomic E-state index is 0.254. The molecule has 7 nitrogen and oxygen atoms in total. The first-order valence-corrected chi connectivity index (χ1v) is 9.47. The van der Waals surface area contributed by atoms with E-state index in [9.17, 15) is 4.79 Å². The third-order valence-electron chi connectivity index (χ3n) is 4.50. The summed E-state index contributed by atoms with van der Waals surface area (Å²) in [6, 6.07) is 13.1. The van der Waals surface area contributed by atoms with Crippen LogP contribution in [-0.4, -0.2) is 25.7 Å². The largest absolute Gasteiger partial charge is 0.463 e. The number of nitrogens with zero attached hydrogens (tertiary/aromatic N) is 4. The molecule has 1 amide bonds. The van der Waals surface area contributed by atoms with Gasteiger partial charge in [0.2, 0.25) is 0 Å². The molecule has 0 saturated heterocycles. The summed E-state index contributed by atoms with van der Waals surface area (Å²) in [6.45, 7) is 1.87. The molecule has 4 heterocycles. The van der Waals surface area contributed by atoms with E-state index in [2.05, 4.69) is 20.4 Å². The molecule has 1 aromatic carbocycles. The van der Waals surface area contributed by atoms with Crippen molar-refractivity contribution in [2.75, 3.05) is 5.32 Å². The van der Waals surface area contributed by atoms with E-state index < -0.39 is 0 Å². The van der Waals surface area contributed by atoms with E-state index in [0.29, 0.717) is 27.8 Å². The molecule has 0 saturated carbocycles. The van der Waals surface area contributed by atoms with Gasteiger partial charge in [0.25, 0.3) is 5.91 Å². The Balaban J connectivity index is 1.63. The summed E-state index contributed by atoms with van der Waals surface area (Å²) in [6.07, 6.45) is 1.58. The number of thiazole rings is 1. The number of carbonyl (C=O) groups is 1. The van der Waals surface area contributed by atoms with Crippen LogP contribution in [0.4, 0.5) is 5.13 Å². The smallest absolute Gasteiger partial charge is 0.258 e. The number of anilines is 1. The average molecular weight is 389 g/mol. The Morgan fingerprint density at radius 1 is 1.18 bits per heavy atom. The molecular formula is C20H15N5O2S. The van der Waals surface area contributed by atoms with Gasteiger partial charge in [-0.3, -0.25) is 14.8 Å². The van der Waals surface area contributed by atoms with Crippen molar-refractivity contribution in [3.63, 3.8) is 0 Å². The number of rotatable bonds is 3. The molecular weight excluding hydrogens is 374 g/mol. The van der Waals surface area contributed by atoms with Crippen molar-refractivity contribution < 1.29 is 9.21 Å². The average Bonchev–Trinajstić information content (AvgIpc) is 3.41. The molecule has 0 spiro atoms. The van der Waals surface area contributed by atoms with Gasteiger partial charge in [-0.2, -0.15) is 5.10 Å². The highest BCUT2D eigenvalue weighted by Crippen LogP contribution is 2.29. The molecule has 0 radical (unpaired) electrons. The fraction of sp³-hybridized carbons (Fsp3) is 0.100. The monoisotopic (exact) mass is 389 g/mol. The number of aromatic nitrogens is 4. The normalized spacial score (nSPS) is 11.4. The number of amides is 1. The van der Waals surface area contributed by atoms with Gasteiger partial charge in [-0.1, -0.05) is 23.5 Å². The van der Waals surface area contributed by atoms with Crippen molar-refractivity contribution in [3.8, 4) is 11.5 Å². The number of benzene rings is 1. The van der Waals surface area contributed by atoms with Gasteiger partial charge >= 0.3 is 0 Å². The SMILES string of the molecule is Cc1nn(C)c2nc(-c3ccco3)cc(C(=O)Nc3nc4ccccc4s3)c12. The summed E-state index contributed by atoms with van der Waals surface area (Å²) in [5.74, 6) is 0.338. The van der Waals surface area contributed by atoms with Gasteiger partial charge in [-0.15, -0.1) is 0 Å². The van der Waals surface area contributed by atoms with Crippen molar-refractivity contribution >= 4 is 43.6 Å². The van der Waals surface area contributed by atoms with E-state index >= 15 is 0 Å². The predicted octanol–water partition coefficient (Wildman–Crippen LogP) is 4.40. The highest BCUT2D eigenvalue weighted by Gasteiger charge is 2.21. The Bertz CT molecular complexity index is 1300. The van der Waals surface area contributed by atoms with Crippen LogP contribution >= 0.6 is 11.3 Å². The molecule has 0 unspecified atom stereocenters. The minimum atomic E-state index is -0.254. The fourth-order valence-electron chi connectivity index (χ4n) is 3.26. The molecule has 4 aromatic heterocycles. The maximum Gasteiger partial charge on any atom is 0.258 e. The topological polar surface area (TPSA) is 85.8 Å². The number of aryl methyl sites for hydroxylation is 2. The van der Waals surface area contributed by atoms with Crippen LogP contribution < -0.4 is 5.32 Å². The van der Waals surface area contributed by atoms with E-state index in [-0.39, 0.29) is 5.91 Å². The third kappa shape index (κ3) is 2.66. The molecule has 138 valence electrons. The van der Waals surface area contributed by atoms with Crippen LogP contribution in [0.3, 0.4) is 0 Å². The van der Waals surface area contributed by atoms with Gasteiger partial charge in [0, 0.05) is 7.05 Å². The van der Waals surface area contributed by atoms with Crippen molar-refractivity contribution in [3.05, 3.63) is 60.0 Å². The number of fused-ring (bicyclic) bond motifs is 2. The maximum absolute atomic E-state index is 13.1. The van der Waals surface area contributed by atoms with Gasteiger partial charge in [-0.25, -0.2) is 9.97 Å². The van der Waals surface area contributed by atoms with Gasteiger partial charge in [0.15, 0.2) is 16.5 Å². The van der Waals surface area contributed by atoms with Crippen molar-refractivity contribution in [1.82, 2.24) is 19.7 Å². The van der Waals surface area contributed by atoms with Crippen LogP contribution in [0.5, 0.6) is 0 Å². The number of hydrogen-bond acceptors (Lipinski definition) is 6. The fourth-order valence-corrected chi connectivity index (χ4v) is 4.13. The molecule has 1 N–H and O–H groups in total. The molecule has 0 fully saturated rings. The Kier molecular flexibility index (Phi) is 3.73. The van der Waals surface area contributed by atoms with Crippen LogP contribution in [0, 0.1) is 6.92 Å². The standard InChI is InChI=1S/C20H15N5O2S/c1-11-17-12(19(26)23-20-22-13-6-3-4-8-16(13)28-20)10-14(15-7-5-9-27-15)21-18(17)25(2)24-11/h3-10H,1-2H3,(H,22,23,26). The summed E-state index contributed by atoms with van der Waals surface area (Å²) in [7, 11) is 1.81. The zero-order valence-corrected chi connectivity index (χ0v) is 15.9. The Morgan fingerprint density at radius 2 is 2.04 bits per heavy atom. The summed E-state index contributed by atoms with van der Waals surface area (Å²) < 4.78 is 8.17. The minimum Gasteiger partial charge on any atom is -0.463 e. The second kappa shape index (κ2) is 6.28. The Labute approximate surface area is 163 Å². The van der Waals surface area contributed by atoms with E-state index in [1.54, 1.807) is 23.1 Å². The number of nitrogens with one attached hydrogen (secondary N) is 1. The van der Waals surface area contributed by atoms with E-state index in [4.69, 9.17) is 4.42 Å². The molecule has 0 aliphatic heterocycles. The van der Waals surface area contributed by atoms with Gasteiger partial charge in [0.1, 0.15) is 5.69 Å². The van der Waals surface area contributed by atoms with Crippen LogP contribution in [0.2, 0.25) is 0 Å². The highest BCUT2D eigenvalue weighted by atomic mass is 32.1. The first-order chi connectivity index (χ1) is 13.6. The first-order valence-electron chi connectivity index (χ1n) is 8.65. The van der Waals surface area contributed by atoms with Crippen molar-refractivity contribution in [2.45, 2.75) is 6.92 Å². The lowest BCUT2D eigenvalue weighted by Gasteiger charge is -2.06. The number of pyridine rings is 1. The second-order valence-electron chi connectivity index (χ2n) is 6.38.